The van der Waals surface area contributed by atoms with Crippen LogP contribution in [0.2, 0.25) is 0 Å². The number of halogens is 3. The largest absolute Gasteiger partial charge is 0.296 e. The number of carbonyl (C=O) groups is 1. The Morgan fingerprint density at radius 2 is 2.04 bits per heavy atom. The van der Waals surface area contributed by atoms with Crippen molar-refractivity contribution in [2.75, 3.05) is 5.32 Å². The van der Waals surface area contributed by atoms with Gasteiger partial charge in [-0.15, -0.1) is 0 Å². The van der Waals surface area contributed by atoms with Crippen LogP contribution in [-0.4, -0.2) is 32.0 Å². The topological polar surface area (TPSA) is 59.8 Å². The number of carbonyl (C=O) groups excluding carboxylic acids is 1. The first-order valence-corrected chi connectivity index (χ1v) is 8.91. The molecule has 2 aliphatic carbocycles. The number of alkyl halides is 3. The number of nitrogens with zero attached hydrogens (tertiary/aromatic N) is 3. The standard InChI is InChI=1S/C18H21F3N4O/c1-10-6-7-13-15(22-10)25(12-4-3-5-12)16(23-13)24-14(26)8-11-9-18(20,21)17(11,2)19/h6-7,11-12H,3-5,8-9H2,1-2H3,(H,23,24,26). The van der Waals surface area contributed by atoms with Gasteiger partial charge in [0.15, 0.2) is 11.3 Å². The quantitative estimate of drug-likeness (QED) is 0.883. The zero-order valence-corrected chi connectivity index (χ0v) is 14.7. The lowest BCUT2D eigenvalue weighted by Gasteiger charge is -2.47. The summed E-state index contributed by atoms with van der Waals surface area (Å²) >= 11 is 0. The summed E-state index contributed by atoms with van der Waals surface area (Å²) in [5, 5.41) is 2.69. The van der Waals surface area contributed by atoms with Gasteiger partial charge in [0, 0.05) is 30.5 Å². The van der Waals surface area contributed by atoms with Crippen LogP contribution in [0, 0.1) is 12.8 Å². The Kier molecular flexibility index (Phi) is 3.79. The van der Waals surface area contributed by atoms with Crippen molar-refractivity contribution in [2.24, 2.45) is 5.92 Å². The third-order valence-electron chi connectivity index (χ3n) is 5.78. The SMILES string of the molecule is Cc1ccc2nc(NC(=O)CC3CC(F)(F)C3(C)F)n(C3CCC3)c2n1. The molecule has 2 saturated carbocycles. The van der Waals surface area contributed by atoms with Gasteiger partial charge < -0.3 is 0 Å². The molecule has 4 rings (SSSR count). The number of anilines is 1. The average molecular weight is 366 g/mol. The van der Waals surface area contributed by atoms with Crippen molar-refractivity contribution in [3.63, 3.8) is 0 Å². The first-order chi connectivity index (χ1) is 12.2. The number of aryl methyl sites for hydroxylation is 1. The maximum atomic E-state index is 14.1. The third-order valence-corrected chi connectivity index (χ3v) is 5.78. The Balaban J connectivity index is 1.56. The second kappa shape index (κ2) is 5.69. The van der Waals surface area contributed by atoms with Crippen LogP contribution in [0.3, 0.4) is 0 Å². The van der Waals surface area contributed by atoms with Crippen molar-refractivity contribution in [1.82, 2.24) is 14.5 Å². The summed E-state index contributed by atoms with van der Waals surface area (Å²) in [5.74, 6) is -4.49. The number of fused-ring (bicyclic) bond motifs is 1. The Morgan fingerprint density at radius 3 is 2.62 bits per heavy atom. The van der Waals surface area contributed by atoms with Crippen molar-refractivity contribution in [1.29, 1.82) is 0 Å². The minimum absolute atomic E-state index is 0.212. The van der Waals surface area contributed by atoms with Gasteiger partial charge in [0.05, 0.1) is 0 Å². The summed E-state index contributed by atoms with van der Waals surface area (Å²) in [6.45, 7) is 2.75. The number of pyridine rings is 1. The fraction of sp³-hybridized carbons (Fsp3) is 0.611. The molecular weight excluding hydrogens is 345 g/mol. The fourth-order valence-electron chi connectivity index (χ4n) is 3.68. The number of rotatable bonds is 4. The number of nitrogens with one attached hydrogen (secondary N) is 1. The van der Waals surface area contributed by atoms with Crippen LogP contribution in [0.1, 0.15) is 50.8 Å². The summed E-state index contributed by atoms with van der Waals surface area (Å²) in [6.07, 6.45) is 2.15. The van der Waals surface area contributed by atoms with Crippen LogP contribution in [-0.2, 0) is 4.79 Å². The molecule has 2 fully saturated rings. The highest BCUT2D eigenvalue weighted by Crippen LogP contribution is 2.55. The Labute approximate surface area is 149 Å². The summed E-state index contributed by atoms with van der Waals surface area (Å²) in [5.41, 5.74) is -0.420. The van der Waals surface area contributed by atoms with Crippen molar-refractivity contribution >= 4 is 23.0 Å². The minimum atomic E-state index is -3.36. The van der Waals surface area contributed by atoms with E-state index < -0.39 is 29.8 Å². The molecule has 2 aromatic heterocycles. The average Bonchev–Trinajstić information content (AvgIpc) is 2.82. The van der Waals surface area contributed by atoms with Crippen LogP contribution in [0.5, 0.6) is 0 Å². The monoisotopic (exact) mass is 366 g/mol. The van der Waals surface area contributed by atoms with E-state index in [1.165, 1.54) is 0 Å². The maximum Gasteiger partial charge on any atom is 0.281 e. The van der Waals surface area contributed by atoms with Gasteiger partial charge in [0.1, 0.15) is 5.52 Å². The smallest absolute Gasteiger partial charge is 0.281 e. The number of imidazole rings is 1. The normalized spacial score (nSPS) is 27.8. The highest BCUT2D eigenvalue weighted by molar-refractivity contribution is 5.91. The highest BCUT2D eigenvalue weighted by Gasteiger charge is 2.66. The van der Waals surface area contributed by atoms with Crippen LogP contribution < -0.4 is 5.32 Å². The van der Waals surface area contributed by atoms with E-state index in [9.17, 15) is 18.0 Å². The molecule has 140 valence electrons. The lowest BCUT2D eigenvalue weighted by molar-refractivity contribution is -0.242. The number of hydrogen-bond acceptors (Lipinski definition) is 3. The molecule has 0 aliphatic heterocycles. The summed E-state index contributed by atoms with van der Waals surface area (Å²) < 4.78 is 42.6. The molecule has 2 unspecified atom stereocenters. The Hall–Kier alpha value is -2.12. The Morgan fingerprint density at radius 1 is 1.31 bits per heavy atom. The van der Waals surface area contributed by atoms with Gasteiger partial charge in [0.2, 0.25) is 11.9 Å². The molecule has 2 aromatic rings. The van der Waals surface area contributed by atoms with E-state index in [0.717, 1.165) is 31.9 Å². The number of amides is 1. The zero-order chi connectivity index (χ0) is 18.7. The molecule has 0 aromatic carbocycles. The molecule has 2 aliphatic rings. The minimum Gasteiger partial charge on any atom is -0.296 e. The van der Waals surface area contributed by atoms with Gasteiger partial charge >= 0.3 is 0 Å². The first-order valence-electron chi connectivity index (χ1n) is 8.91. The molecular formula is C18H21F3N4O. The van der Waals surface area contributed by atoms with Crippen LogP contribution in [0.25, 0.3) is 11.2 Å². The third kappa shape index (κ3) is 2.57. The molecule has 0 radical (unpaired) electrons. The van der Waals surface area contributed by atoms with Gasteiger partial charge in [-0.1, -0.05) is 0 Å². The molecule has 8 heteroatoms. The molecule has 0 bridgehead atoms. The van der Waals surface area contributed by atoms with Gasteiger partial charge in [-0.05, 0) is 45.2 Å². The van der Waals surface area contributed by atoms with Crippen molar-refractivity contribution in [3.8, 4) is 0 Å². The molecule has 2 heterocycles. The molecule has 1 amide bonds. The summed E-state index contributed by atoms with van der Waals surface area (Å²) in [4.78, 5) is 21.3. The van der Waals surface area contributed by atoms with Gasteiger partial charge in [-0.25, -0.2) is 23.1 Å². The van der Waals surface area contributed by atoms with E-state index in [1.807, 2.05) is 23.6 Å². The lowest BCUT2D eigenvalue weighted by Crippen LogP contribution is -2.60. The molecule has 2 atom stereocenters. The molecule has 26 heavy (non-hydrogen) atoms. The van der Waals surface area contributed by atoms with E-state index >= 15 is 0 Å². The molecule has 5 nitrogen and oxygen atoms in total. The van der Waals surface area contributed by atoms with Crippen LogP contribution in [0.4, 0.5) is 19.1 Å². The first kappa shape index (κ1) is 17.3. The zero-order valence-electron chi connectivity index (χ0n) is 14.7. The van der Waals surface area contributed by atoms with Gasteiger partial charge in [-0.3, -0.25) is 14.7 Å². The van der Waals surface area contributed by atoms with Gasteiger partial charge in [-0.2, -0.15) is 0 Å². The Bertz CT molecular complexity index is 873. The molecule has 0 spiro atoms. The van der Waals surface area contributed by atoms with E-state index in [2.05, 4.69) is 15.3 Å². The maximum absolute atomic E-state index is 14.1. The number of hydrogen-bond donors (Lipinski definition) is 1. The predicted octanol–water partition coefficient (Wildman–Crippen LogP) is 4.18. The van der Waals surface area contributed by atoms with Gasteiger partial charge in [0.25, 0.3) is 5.92 Å². The predicted molar refractivity (Wildman–Crippen MR) is 91.0 cm³/mol. The second-order valence-electron chi connectivity index (χ2n) is 7.62. The van der Waals surface area contributed by atoms with E-state index in [4.69, 9.17) is 0 Å². The number of aromatic nitrogens is 3. The fourth-order valence-corrected chi connectivity index (χ4v) is 3.68. The van der Waals surface area contributed by atoms with Crippen molar-refractivity contribution < 1.29 is 18.0 Å². The van der Waals surface area contributed by atoms with E-state index in [-0.39, 0.29) is 12.5 Å². The summed E-state index contributed by atoms with van der Waals surface area (Å²) in [7, 11) is 0. The highest BCUT2D eigenvalue weighted by atomic mass is 19.3. The summed E-state index contributed by atoms with van der Waals surface area (Å²) in [6, 6.07) is 3.90. The van der Waals surface area contributed by atoms with Crippen LogP contribution in [0.15, 0.2) is 12.1 Å². The van der Waals surface area contributed by atoms with Crippen molar-refractivity contribution in [2.45, 2.75) is 63.6 Å². The van der Waals surface area contributed by atoms with E-state index in [1.54, 1.807) is 0 Å². The molecule has 1 N–H and O–H groups in total. The molecule has 0 saturated heterocycles. The van der Waals surface area contributed by atoms with Crippen LogP contribution >= 0.6 is 0 Å². The lowest BCUT2D eigenvalue weighted by atomic mass is 9.67. The van der Waals surface area contributed by atoms with Crippen molar-refractivity contribution in [3.05, 3.63) is 17.8 Å². The van der Waals surface area contributed by atoms with E-state index in [0.29, 0.717) is 17.1 Å². The second-order valence-corrected chi connectivity index (χ2v) is 7.62.